The Morgan fingerprint density at radius 3 is 2.10 bits per heavy atom. The molecule has 0 aromatic heterocycles. The number of hydrogen-bond acceptors (Lipinski definition) is 7. The van der Waals surface area contributed by atoms with E-state index in [1.54, 1.807) is 0 Å². The average Bonchev–Trinajstić information content (AvgIpc) is 2.45. The van der Waals surface area contributed by atoms with Gasteiger partial charge >= 0.3 is 5.97 Å². The second-order valence-electron chi connectivity index (χ2n) is 4.04. The lowest BCUT2D eigenvalue weighted by Crippen LogP contribution is -2.20. The first kappa shape index (κ1) is 16.6. The maximum atomic E-state index is 11.1. The van der Waals surface area contributed by atoms with Gasteiger partial charge in [-0.25, -0.2) is 0 Å². The summed E-state index contributed by atoms with van der Waals surface area (Å²) in [6, 6.07) is 2.94. The van der Waals surface area contributed by atoms with Gasteiger partial charge in [-0.3, -0.25) is 4.79 Å². The lowest BCUT2D eigenvalue weighted by molar-refractivity contribution is -0.132. The van der Waals surface area contributed by atoms with Gasteiger partial charge in [-0.05, 0) is 17.7 Å². The minimum absolute atomic E-state index is 0.0947. The number of rotatable bonds is 6. The Morgan fingerprint density at radius 1 is 1.25 bits per heavy atom. The number of ether oxygens (including phenoxy) is 3. The van der Waals surface area contributed by atoms with Gasteiger partial charge in [0.1, 0.15) is 6.10 Å². The SMILES string of the molecule is COc1cc(C(O)C(O)CS)cc(OC)c1OC(C)=O. The number of thiol groups is 1. The summed E-state index contributed by atoms with van der Waals surface area (Å²) in [7, 11) is 2.79. The Balaban J connectivity index is 3.28. The fraction of sp³-hybridized carbons (Fsp3) is 0.462. The van der Waals surface area contributed by atoms with Gasteiger partial charge in [0.05, 0.1) is 20.3 Å². The van der Waals surface area contributed by atoms with Gasteiger partial charge in [-0.15, -0.1) is 0 Å². The van der Waals surface area contributed by atoms with Crippen LogP contribution in [0.15, 0.2) is 12.1 Å². The monoisotopic (exact) mass is 302 g/mol. The quantitative estimate of drug-likeness (QED) is 0.412. The van der Waals surface area contributed by atoms with Crippen molar-refractivity contribution in [3.05, 3.63) is 17.7 Å². The number of benzene rings is 1. The van der Waals surface area contributed by atoms with Crippen LogP contribution in [0.1, 0.15) is 18.6 Å². The molecule has 6 nitrogen and oxygen atoms in total. The summed E-state index contributed by atoms with van der Waals surface area (Å²) < 4.78 is 15.3. The van der Waals surface area contributed by atoms with Crippen LogP contribution in [0.4, 0.5) is 0 Å². The maximum Gasteiger partial charge on any atom is 0.308 e. The lowest BCUT2D eigenvalue weighted by atomic mass is 10.0. The van der Waals surface area contributed by atoms with Crippen LogP contribution in [-0.2, 0) is 4.79 Å². The minimum Gasteiger partial charge on any atom is -0.493 e. The first-order valence-corrected chi connectivity index (χ1v) is 6.49. The molecular weight excluding hydrogens is 284 g/mol. The zero-order valence-corrected chi connectivity index (χ0v) is 12.4. The molecule has 0 saturated carbocycles. The molecule has 2 unspecified atom stereocenters. The average molecular weight is 302 g/mol. The number of carbonyl (C=O) groups is 1. The van der Waals surface area contributed by atoms with Gasteiger partial charge in [-0.1, -0.05) is 0 Å². The van der Waals surface area contributed by atoms with Crippen molar-refractivity contribution < 1.29 is 29.2 Å². The van der Waals surface area contributed by atoms with E-state index < -0.39 is 18.2 Å². The first-order valence-electron chi connectivity index (χ1n) is 5.85. The van der Waals surface area contributed by atoms with Gasteiger partial charge in [-0.2, -0.15) is 12.6 Å². The van der Waals surface area contributed by atoms with Gasteiger partial charge in [0.15, 0.2) is 11.5 Å². The van der Waals surface area contributed by atoms with Crippen LogP contribution in [0.2, 0.25) is 0 Å². The van der Waals surface area contributed by atoms with Crippen molar-refractivity contribution in [1.29, 1.82) is 0 Å². The van der Waals surface area contributed by atoms with E-state index in [1.807, 2.05) is 0 Å². The molecule has 2 atom stereocenters. The summed E-state index contributed by atoms with van der Waals surface area (Å²) in [6.45, 7) is 1.26. The van der Waals surface area contributed by atoms with Crippen LogP contribution in [0.25, 0.3) is 0 Å². The highest BCUT2D eigenvalue weighted by Gasteiger charge is 2.22. The summed E-state index contributed by atoms with van der Waals surface area (Å²) in [6.07, 6.45) is -2.19. The summed E-state index contributed by atoms with van der Waals surface area (Å²) in [5.74, 6) is 0.140. The number of hydrogen-bond donors (Lipinski definition) is 3. The van der Waals surface area contributed by atoms with Crippen molar-refractivity contribution in [3.8, 4) is 17.2 Å². The largest absolute Gasteiger partial charge is 0.493 e. The van der Waals surface area contributed by atoms with Crippen molar-refractivity contribution in [1.82, 2.24) is 0 Å². The van der Waals surface area contributed by atoms with Crippen molar-refractivity contribution >= 4 is 18.6 Å². The van der Waals surface area contributed by atoms with E-state index in [0.717, 1.165) is 0 Å². The molecule has 1 aromatic carbocycles. The van der Waals surface area contributed by atoms with Gasteiger partial charge in [0.25, 0.3) is 0 Å². The zero-order chi connectivity index (χ0) is 15.3. The molecule has 0 aliphatic carbocycles. The predicted octanol–water partition coefficient (Wildman–Crippen LogP) is 0.953. The molecule has 0 aliphatic rings. The van der Waals surface area contributed by atoms with Gasteiger partial charge < -0.3 is 24.4 Å². The summed E-state index contributed by atoms with van der Waals surface area (Å²) in [5, 5.41) is 19.6. The molecule has 0 amide bonds. The minimum atomic E-state index is -1.15. The van der Waals surface area contributed by atoms with E-state index in [-0.39, 0.29) is 23.0 Å². The second-order valence-corrected chi connectivity index (χ2v) is 4.41. The van der Waals surface area contributed by atoms with E-state index in [0.29, 0.717) is 5.56 Å². The van der Waals surface area contributed by atoms with Crippen molar-refractivity contribution in [2.45, 2.75) is 19.1 Å². The molecule has 0 heterocycles. The number of methoxy groups -OCH3 is 2. The Labute approximate surface area is 122 Å². The normalized spacial score (nSPS) is 13.5. The van der Waals surface area contributed by atoms with Crippen molar-refractivity contribution in [3.63, 3.8) is 0 Å². The van der Waals surface area contributed by atoms with E-state index in [2.05, 4.69) is 12.6 Å². The molecule has 0 spiro atoms. The second kappa shape index (κ2) is 7.37. The third-order valence-corrected chi connectivity index (χ3v) is 3.00. The molecule has 7 heteroatoms. The smallest absolute Gasteiger partial charge is 0.308 e. The topological polar surface area (TPSA) is 85.2 Å². The molecule has 20 heavy (non-hydrogen) atoms. The van der Waals surface area contributed by atoms with Crippen molar-refractivity contribution in [2.75, 3.05) is 20.0 Å². The summed E-state index contributed by atoms with van der Waals surface area (Å²) in [4.78, 5) is 11.1. The number of aliphatic hydroxyl groups is 2. The third kappa shape index (κ3) is 3.78. The molecule has 1 rings (SSSR count). The highest BCUT2D eigenvalue weighted by Crippen LogP contribution is 2.40. The van der Waals surface area contributed by atoms with Crippen LogP contribution >= 0.6 is 12.6 Å². The Bertz CT molecular complexity index is 451. The van der Waals surface area contributed by atoms with Crippen LogP contribution in [0.5, 0.6) is 17.2 Å². The maximum absolute atomic E-state index is 11.1. The van der Waals surface area contributed by atoms with E-state index in [9.17, 15) is 15.0 Å². The number of carbonyl (C=O) groups excluding carboxylic acids is 1. The number of aliphatic hydroxyl groups excluding tert-OH is 2. The van der Waals surface area contributed by atoms with E-state index in [1.165, 1.54) is 33.3 Å². The molecule has 0 aliphatic heterocycles. The van der Waals surface area contributed by atoms with Crippen LogP contribution in [0, 0.1) is 0 Å². The zero-order valence-electron chi connectivity index (χ0n) is 11.5. The lowest BCUT2D eigenvalue weighted by Gasteiger charge is -2.19. The molecule has 0 saturated heterocycles. The van der Waals surface area contributed by atoms with Crippen LogP contribution < -0.4 is 14.2 Å². The molecule has 0 fully saturated rings. The fourth-order valence-electron chi connectivity index (χ4n) is 1.64. The fourth-order valence-corrected chi connectivity index (χ4v) is 1.84. The van der Waals surface area contributed by atoms with Gasteiger partial charge in [0.2, 0.25) is 5.75 Å². The Kier molecular flexibility index (Phi) is 6.12. The first-order chi connectivity index (χ1) is 9.44. The molecule has 1 aromatic rings. The molecule has 112 valence electrons. The molecule has 0 bridgehead atoms. The Hall–Kier alpha value is -1.44. The molecular formula is C13H18O6S. The number of esters is 1. The van der Waals surface area contributed by atoms with Crippen LogP contribution in [0.3, 0.4) is 0 Å². The van der Waals surface area contributed by atoms with Crippen molar-refractivity contribution in [2.24, 2.45) is 0 Å². The van der Waals surface area contributed by atoms with E-state index in [4.69, 9.17) is 14.2 Å². The Morgan fingerprint density at radius 2 is 1.75 bits per heavy atom. The predicted molar refractivity (Wildman–Crippen MR) is 75.7 cm³/mol. The highest BCUT2D eigenvalue weighted by molar-refractivity contribution is 7.80. The van der Waals surface area contributed by atoms with E-state index >= 15 is 0 Å². The van der Waals surface area contributed by atoms with Crippen LogP contribution in [-0.4, -0.2) is 42.3 Å². The highest BCUT2D eigenvalue weighted by atomic mass is 32.1. The summed E-state index contributed by atoms with van der Waals surface area (Å²) in [5.41, 5.74) is 0.371. The third-order valence-electron chi connectivity index (χ3n) is 2.62. The molecule has 2 N–H and O–H groups in total. The molecule has 0 radical (unpaired) electrons. The summed E-state index contributed by atoms with van der Waals surface area (Å²) >= 11 is 3.93. The van der Waals surface area contributed by atoms with Gasteiger partial charge in [0, 0.05) is 12.7 Å². The standard InChI is InChI=1S/C13H18O6S/c1-7(14)19-13-10(17-2)4-8(5-11(13)18-3)12(16)9(15)6-20/h4-5,9,12,15-16,20H,6H2,1-3H3.